The number of thiocarbonyl (C=S) groups is 1. The number of hydrogen-bond donors (Lipinski definition) is 1. The molecule has 0 radical (unpaired) electrons. The Morgan fingerprint density at radius 1 is 1.17 bits per heavy atom. The largest absolute Gasteiger partial charge is 0.490 e. The van der Waals surface area contributed by atoms with Gasteiger partial charge in [0.15, 0.2) is 18.1 Å². The number of ether oxygens (including phenoxy) is 3. The van der Waals surface area contributed by atoms with Crippen LogP contribution in [0.25, 0.3) is 6.08 Å². The highest BCUT2D eigenvalue weighted by molar-refractivity contribution is 8.26. The van der Waals surface area contributed by atoms with E-state index in [1.807, 2.05) is 6.92 Å². The van der Waals surface area contributed by atoms with Crippen molar-refractivity contribution in [2.45, 2.75) is 13.3 Å². The Morgan fingerprint density at radius 2 is 1.97 bits per heavy atom. The van der Waals surface area contributed by atoms with Gasteiger partial charge < -0.3 is 19.5 Å². The van der Waals surface area contributed by atoms with Crippen molar-refractivity contribution >= 4 is 75.1 Å². The van der Waals surface area contributed by atoms with Crippen LogP contribution in [0, 0.1) is 0 Å². The number of rotatable bonds is 11. The van der Waals surface area contributed by atoms with E-state index >= 15 is 0 Å². The predicted octanol–water partition coefficient (Wildman–Crippen LogP) is 5.65. The van der Waals surface area contributed by atoms with Crippen LogP contribution in [0.1, 0.15) is 18.9 Å². The van der Waals surface area contributed by atoms with Crippen LogP contribution in [0.3, 0.4) is 0 Å². The SMILES string of the molecule is CCOc1cc(/C=C2\SC(=S)N(CCCOC)C2=O)ccc1OCC(=O)Nc1ccc(Cl)cc1Cl. The molecule has 1 aliphatic rings. The second kappa shape index (κ2) is 13.1. The summed E-state index contributed by atoms with van der Waals surface area (Å²) in [5.41, 5.74) is 1.18. The number of halogens is 2. The Labute approximate surface area is 223 Å². The summed E-state index contributed by atoms with van der Waals surface area (Å²) < 4.78 is 17.0. The summed E-state index contributed by atoms with van der Waals surface area (Å²) in [4.78, 5) is 27.2. The van der Waals surface area contributed by atoms with Gasteiger partial charge in [-0.3, -0.25) is 14.5 Å². The van der Waals surface area contributed by atoms with E-state index in [1.165, 1.54) is 11.8 Å². The van der Waals surface area contributed by atoms with E-state index in [-0.39, 0.29) is 12.5 Å². The molecule has 0 aromatic heterocycles. The van der Waals surface area contributed by atoms with Crippen molar-refractivity contribution < 1.29 is 23.8 Å². The van der Waals surface area contributed by atoms with Crippen molar-refractivity contribution in [3.05, 3.63) is 56.9 Å². The summed E-state index contributed by atoms with van der Waals surface area (Å²) in [7, 11) is 1.62. The van der Waals surface area contributed by atoms with Gasteiger partial charge in [0, 0.05) is 25.3 Å². The van der Waals surface area contributed by atoms with Crippen molar-refractivity contribution in [3.63, 3.8) is 0 Å². The quantitative estimate of drug-likeness (QED) is 0.218. The molecule has 2 aromatic carbocycles. The minimum Gasteiger partial charge on any atom is -0.490 e. The van der Waals surface area contributed by atoms with Crippen molar-refractivity contribution in [2.75, 3.05) is 38.8 Å². The lowest BCUT2D eigenvalue weighted by Crippen LogP contribution is -2.29. The molecule has 3 rings (SSSR count). The van der Waals surface area contributed by atoms with Gasteiger partial charge in [-0.15, -0.1) is 0 Å². The van der Waals surface area contributed by atoms with Crippen LogP contribution in [-0.4, -0.2) is 54.5 Å². The first-order valence-electron chi connectivity index (χ1n) is 10.7. The van der Waals surface area contributed by atoms with Gasteiger partial charge in [-0.05, 0) is 55.3 Å². The van der Waals surface area contributed by atoms with Crippen LogP contribution >= 0.6 is 47.2 Å². The molecule has 0 aliphatic carbocycles. The molecule has 0 atom stereocenters. The smallest absolute Gasteiger partial charge is 0.266 e. The summed E-state index contributed by atoms with van der Waals surface area (Å²) in [5.74, 6) is 0.326. The van der Waals surface area contributed by atoms with Gasteiger partial charge in [0.25, 0.3) is 11.8 Å². The second-order valence-electron chi connectivity index (χ2n) is 7.28. The number of carbonyl (C=O) groups is 2. The summed E-state index contributed by atoms with van der Waals surface area (Å²) in [6.45, 7) is 3.06. The van der Waals surface area contributed by atoms with E-state index < -0.39 is 5.91 Å². The van der Waals surface area contributed by atoms with Crippen molar-refractivity contribution in [3.8, 4) is 11.5 Å². The topological polar surface area (TPSA) is 77.1 Å². The van der Waals surface area contributed by atoms with Crippen LogP contribution in [0.15, 0.2) is 41.3 Å². The molecule has 0 unspecified atom stereocenters. The molecule has 1 fully saturated rings. The number of carbonyl (C=O) groups excluding carboxylic acids is 2. The van der Waals surface area contributed by atoms with Gasteiger partial charge in [0.2, 0.25) is 0 Å². The highest BCUT2D eigenvalue weighted by Crippen LogP contribution is 2.35. The summed E-state index contributed by atoms with van der Waals surface area (Å²) in [6.07, 6.45) is 2.46. The van der Waals surface area contributed by atoms with Gasteiger partial charge in [0.05, 0.1) is 22.2 Å². The number of nitrogens with one attached hydrogen (secondary N) is 1. The number of benzene rings is 2. The van der Waals surface area contributed by atoms with Gasteiger partial charge in [-0.25, -0.2) is 0 Å². The lowest BCUT2D eigenvalue weighted by atomic mass is 10.2. The van der Waals surface area contributed by atoms with Crippen LogP contribution in [-0.2, 0) is 14.3 Å². The second-order valence-corrected chi connectivity index (χ2v) is 9.80. The number of amides is 2. The molecular formula is C24H24Cl2N2O5S2. The molecule has 1 N–H and O–H groups in total. The average Bonchev–Trinajstić information content (AvgIpc) is 3.08. The third-order valence-electron chi connectivity index (χ3n) is 4.73. The van der Waals surface area contributed by atoms with Gasteiger partial charge in [-0.1, -0.05) is 53.2 Å². The van der Waals surface area contributed by atoms with Crippen LogP contribution in [0.4, 0.5) is 5.69 Å². The first-order valence-corrected chi connectivity index (χ1v) is 12.7. The number of thioether (sulfide) groups is 1. The Hall–Kier alpha value is -2.30. The van der Waals surface area contributed by atoms with E-state index in [4.69, 9.17) is 49.6 Å². The fourth-order valence-corrected chi connectivity index (χ4v) is 4.90. The molecule has 0 saturated carbocycles. The highest BCUT2D eigenvalue weighted by Gasteiger charge is 2.31. The number of methoxy groups -OCH3 is 1. The maximum atomic E-state index is 12.8. The number of hydrogen-bond acceptors (Lipinski definition) is 7. The van der Waals surface area contributed by atoms with Crippen molar-refractivity contribution in [2.24, 2.45) is 0 Å². The molecular weight excluding hydrogens is 531 g/mol. The molecule has 11 heteroatoms. The van der Waals surface area contributed by atoms with E-state index in [0.29, 0.717) is 62.6 Å². The molecule has 1 heterocycles. The zero-order chi connectivity index (χ0) is 25.4. The molecule has 2 amide bonds. The van der Waals surface area contributed by atoms with Crippen LogP contribution in [0.2, 0.25) is 10.0 Å². The van der Waals surface area contributed by atoms with Gasteiger partial charge >= 0.3 is 0 Å². The molecule has 186 valence electrons. The monoisotopic (exact) mass is 554 g/mol. The fourth-order valence-electron chi connectivity index (χ4n) is 3.13. The van der Waals surface area contributed by atoms with E-state index in [1.54, 1.807) is 54.5 Å². The first-order chi connectivity index (χ1) is 16.8. The van der Waals surface area contributed by atoms with Crippen LogP contribution in [0.5, 0.6) is 11.5 Å². The van der Waals surface area contributed by atoms with Gasteiger partial charge in [-0.2, -0.15) is 0 Å². The molecule has 2 aromatic rings. The average molecular weight is 556 g/mol. The Balaban J connectivity index is 1.67. The van der Waals surface area contributed by atoms with Crippen LogP contribution < -0.4 is 14.8 Å². The highest BCUT2D eigenvalue weighted by atomic mass is 35.5. The van der Waals surface area contributed by atoms with E-state index in [0.717, 1.165) is 5.56 Å². The molecule has 7 nitrogen and oxygen atoms in total. The normalized spacial score (nSPS) is 14.5. The van der Waals surface area contributed by atoms with Gasteiger partial charge in [0.1, 0.15) is 4.32 Å². The lowest BCUT2D eigenvalue weighted by Gasteiger charge is -2.14. The summed E-state index contributed by atoms with van der Waals surface area (Å²) in [6, 6.07) is 10.0. The van der Waals surface area contributed by atoms with E-state index in [2.05, 4.69) is 5.32 Å². The maximum absolute atomic E-state index is 12.8. The third kappa shape index (κ3) is 7.59. The number of anilines is 1. The standard InChI is InChI=1S/C24H24Cl2N2O5S2/c1-3-32-20-11-15(12-21-23(30)28(24(34)35-21)9-4-10-31-2)5-8-19(20)33-14-22(29)27-18-7-6-16(25)13-17(18)26/h5-8,11-13H,3-4,9-10,14H2,1-2H3,(H,27,29)/b21-12-. The van der Waals surface area contributed by atoms with Crippen molar-refractivity contribution in [1.82, 2.24) is 4.90 Å². The Kier molecular flexibility index (Phi) is 10.2. The molecule has 0 spiro atoms. The zero-order valence-electron chi connectivity index (χ0n) is 19.1. The lowest BCUT2D eigenvalue weighted by molar-refractivity contribution is -0.122. The minimum absolute atomic E-state index is 0.132. The molecule has 35 heavy (non-hydrogen) atoms. The fraction of sp³-hybridized carbons (Fsp3) is 0.292. The first kappa shape index (κ1) is 27.3. The summed E-state index contributed by atoms with van der Waals surface area (Å²) >= 11 is 18.6. The van der Waals surface area contributed by atoms with E-state index in [9.17, 15) is 9.59 Å². The summed E-state index contributed by atoms with van der Waals surface area (Å²) in [5, 5.41) is 3.48. The minimum atomic E-state index is -0.391. The Bertz CT molecular complexity index is 1140. The third-order valence-corrected chi connectivity index (χ3v) is 6.66. The number of nitrogens with zero attached hydrogens (tertiary/aromatic N) is 1. The van der Waals surface area contributed by atoms with Crippen molar-refractivity contribution in [1.29, 1.82) is 0 Å². The Morgan fingerprint density at radius 3 is 2.69 bits per heavy atom. The molecule has 1 saturated heterocycles. The predicted molar refractivity (Wildman–Crippen MR) is 145 cm³/mol. The molecule has 0 bridgehead atoms. The molecule has 1 aliphatic heterocycles. The zero-order valence-corrected chi connectivity index (χ0v) is 22.3. The maximum Gasteiger partial charge on any atom is 0.266 e.